The summed E-state index contributed by atoms with van der Waals surface area (Å²) in [5.74, 6) is 0.289. The Morgan fingerprint density at radius 2 is 1.94 bits per heavy atom. The van der Waals surface area contributed by atoms with Gasteiger partial charge >= 0.3 is 6.18 Å². The molecule has 0 amide bonds. The number of hydrogen-bond acceptors (Lipinski definition) is 2. The average molecular weight is 247 g/mol. The number of unbranched alkanes of at least 4 members (excludes halogenated alkanes) is 1. The monoisotopic (exact) mass is 247 g/mol. The van der Waals surface area contributed by atoms with Crippen LogP contribution in [0.25, 0.3) is 0 Å². The molecule has 0 aliphatic rings. The molecule has 0 atom stereocenters. The maximum atomic E-state index is 12.8. The standard InChI is InChI=1S/C12H16F3NO/c1-17-11-7-4-6-10(12(13,14)15)9(11)5-2-3-8-16/h4,6-7H,2-3,5,8,16H2,1H3. The van der Waals surface area contributed by atoms with Gasteiger partial charge in [-0.1, -0.05) is 6.07 Å². The lowest BCUT2D eigenvalue weighted by atomic mass is 10.00. The fourth-order valence-electron chi connectivity index (χ4n) is 1.73. The Bertz CT molecular complexity index is 363. The third kappa shape index (κ3) is 3.63. The molecule has 0 fully saturated rings. The molecule has 0 aromatic heterocycles. The molecule has 5 heteroatoms. The lowest BCUT2D eigenvalue weighted by molar-refractivity contribution is -0.138. The summed E-state index contributed by atoms with van der Waals surface area (Å²) in [4.78, 5) is 0. The van der Waals surface area contributed by atoms with Crippen LogP contribution in [-0.2, 0) is 12.6 Å². The Morgan fingerprint density at radius 1 is 1.24 bits per heavy atom. The topological polar surface area (TPSA) is 35.2 Å². The highest BCUT2D eigenvalue weighted by Gasteiger charge is 2.34. The van der Waals surface area contributed by atoms with Crippen molar-refractivity contribution in [1.82, 2.24) is 0 Å². The number of ether oxygens (including phenoxy) is 1. The summed E-state index contributed by atoms with van der Waals surface area (Å²) >= 11 is 0. The van der Waals surface area contributed by atoms with Crippen LogP contribution in [0.2, 0.25) is 0 Å². The zero-order chi connectivity index (χ0) is 12.9. The van der Waals surface area contributed by atoms with Crippen LogP contribution in [0.4, 0.5) is 13.2 Å². The third-order valence-corrected chi connectivity index (χ3v) is 2.54. The Morgan fingerprint density at radius 3 is 2.47 bits per heavy atom. The van der Waals surface area contributed by atoms with E-state index in [4.69, 9.17) is 10.5 Å². The van der Waals surface area contributed by atoms with E-state index >= 15 is 0 Å². The Kier molecular flexibility index (Phi) is 4.81. The molecular formula is C12H16F3NO. The summed E-state index contributed by atoms with van der Waals surface area (Å²) in [5.41, 5.74) is 4.94. The highest BCUT2D eigenvalue weighted by molar-refractivity contribution is 5.41. The van der Waals surface area contributed by atoms with Gasteiger partial charge in [0.25, 0.3) is 0 Å². The zero-order valence-corrected chi connectivity index (χ0v) is 9.68. The molecule has 1 aromatic carbocycles. The van der Waals surface area contributed by atoms with Crippen LogP contribution in [-0.4, -0.2) is 13.7 Å². The lowest BCUT2D eigenvalue weighted by Gasteiger charge is -2.15. The molecule has 0 heterocycles. The number of methoxy groups -OCH3 is 1. The van der Waals surface area contributed by atoms with E-state index in [1.54, 1.807) is 6.07 Å². The molecule has 0 saturated heterocycles. The van der Waals surface area contributed by atoms with Crippen LogP contribution in [0.15, 0.2) is 18.2 Å². The quantitative estimate of drug-likeness (QED) is 0.812. The van der Waals surface area contributed by atoms with Gasteiger partial charge in [-0.05, 0) is 37.9 Å². The van der Waals surface area contributed by atoms with Gasteiger partial charge in [-0.3, -0.25) is 0 Å². The van der Waals surface area contributed by atoms with Gasteiger partial charge in [-0.15, -0.1) is 0 Å². The third-order valence-electron chi connectivity index (χ3n) is 2.54. The second-order valence-electron chi connectivity index (χ2n) is 3.73. The first-order valence-corrected chi connectivity index (χ1v) is 5.44. The normalized spacial score (nSPS) is 11.6. The van der Waals surface area contributed by atoms with Crippen molar-refractivity contribution in [1.29, 1.82) is 0 Å². The van der Waals surface area contributed by atoms with E-state index in [0.29, 0.717) is 25.8 Å². The van der Waals surface area contributed by atoms with E-state index in [0.717, 1.165) is 6.07 Å². The summed E-state index contributed by atoms with van der Waals surface area (Å²) in [7, 11) is 1.38. The van der Waals surface area contributed by atoms with Gasteiger partial charge in [0, 0.05) is 5.56 Å². The fraction of sp³-hybridized carbons (Fsp3) is 0.500. The maximum absolute atomic E-state index is 12.8. The number of rotatable bonds is 5. The highest BCUT2D eigenvalue weighted by Crippen LogP contribution is 2.36. The van der Waals surface area contributed by atoms with Crippen molar-refractivity contribution in [2.45, 2.75) is 25.4 Å². The van der Waals surface area contributed by atoms with Gasteiger partial charge in [0.15, 0.2) is 0 Å². The average Bonchev–Trinajstić information content (AvgIpc) is 2.28. The van der Waals surface area contributed by atoms with Crippen LogP contribution in [0.3, 0.4) is 0 Å². The van der Waals surface area contributed by atoms with E-state index in [2.05, 4.69) is 0 Å². The van der Waals surface area contributed by atoms with Gasteiger partial charge < -0.3 is 10.5 Å². The lowest BCUT2D eigenvalue weighted by Crippen LogP contribution is -2.11. The molecular weight excluding hydrogens is 231 g/mol. The van der Waals surface area contributed by atoms with Crippen LogP contribution < -0.4 is 10.5 Å². The molecule has 0 bridgehead atoms. The summed E-state index contributed by atoms with van der Waals surface area (Å²) in [6.45, 7) is 0.483. The SMILES string of the molecule is COc1cccc(C(F)(F)F)c1CCCCN. The summed E-state index contributed by atoms with van der Waals surface area (Å²) in [6, 6.07) is 3.99. The smallest absolute Gasteiger partial charge is 0.416 e. The van der Waals surface area contributed by atoms with Gasteiger partial charge in [-0.2, -0.15) is 13.2 Å². The predicted molar refractivity (Wildman–Crippen MR) is 60.0 cm³/mol. The number of nitrogens with two attached hydrogens (primary N) is 1. The molecule has 17 heavy (non-hydrogen) atoms. The van der Waals surface area contributed by atoms with Crippen molar-refractivity contribution in [3.63, 3.8) is 0 Å². The molecule has 1 aromatic rings. The predicted octanol–water partition coefficient (Wildman–Crippen LogP) is 3.00. The molecule has 2 N–H and O–H groups in total. The Hall–Kier alpha value is -1.23. The Balaban J connectivity index is 3.03. The van der Waals surface area contributed by atoms with Crippen molar-refractivity contribution in [2.24, 2.45) is 5.73 Å². The summed E-state index contributed by atoms with van der Waals surface area (Å²) in [5, 5.41) is 0. The van der Waals surface area contributed by atoms with Gasteiger partial charge in [0.2, 0.25) is 0 Å². The van der Waals surface area contributed by atoms with Crippen LogP contribution in [0.5, 0.6) is 5.75 Å². The largest absolute Gasteiger partial charge is 0.496 e. The number of alkyl halides is 3. The van der Waals surface area contributed by atoms with Crippen LogP contribution in [0.1, 0.15) is 24.0 Å². The molecule has 96 valence electrons. The number of hydrogen-bond donors (Lipinski definition) is 1. The van der Waals surface area contributed by atoms with Gasteiger partial charge in [-0.25, -0.2) is 0 Å². The van der Waals surface area contributed by atoms with Crippen molar-refractivity contribution in [2.75, 3.05) is 13.7 Å². The minimum Gasteiger partial charge on any atom is -0.496 e. The second-order valence-corrected chi connectivity index (χ2v) is 3.73. The van der Waals surface area contributed by atoms with Crippen molar-refractivity contribution in [3.8, 4) is 5.75 Å². The first-order chi connectivity index (χ1) is 8.00. The van der Waals surface area contributed by atoms with Gasteiger partial charge in [0.1, 0.15) is 5.75 Å². The molecule has 0 aliphatic carbocycles. The van der Waals surface area contributed by atoms with E-state index in [1.165, 1.54) is 13.2 Å². The maximum Gasteiger partial charge on any atom is 0.416 e. The zero-order valence-electron chi connectivity index (χ0n) is 9.68. The molecule has 0 saturated carbocycles. The second kappa shape index (κ2) is 5.91. The Labute approximate surface area is 98.6 Å². The molecule has 1 rings (SSSR count). The molecule has 0 aliphatic heterocycles. The van der Waals surface area contributed by atoms with Crippen molar-refractivity contribution in [3.05, 3.63) is 29.3 Å². The van der Waals surface area contributed by atoms with Crippen LogP contribution in [0, 0.1) is 0 Å². The van der Waals surface area contributed by atoms with E-state index in [1.807, 2.05) is 0 Å². The first kappa shape index (κ1) is 13.8. The minimum atomic E-state index is -4.34. The number of halogens is 3. The first-order valence-electron chi connectivity index (χ1n) is 5.44. The summed E-state index contributed by atoms with van der Waals surface area (Å²) in [6.07, 6.45) is -2.68. The number of benzene rings is 1. The van der Waals surface area contributed by atoms with Crippen molar-refractivity contribution >= 4 is 0 Å². The minimum absolute atomic E-state index is 0.218. The van der Waals surface area contributed by atoms with E-state index in [9.17, 15) is 13.2 Å². The molecule has 0 unspecified atom stereocenters. The van der Waals surface area contributed by atoms with Gasteiger partial charge in [0.05, 0.1) is 12.7 Å². The molecule has 2 nitrogen and oxygen atoms in total. The summed E-state index contributed by atoms with van der Waals surface area (Å²) < 4.78 is 43.4. The molecule has 0 spiro atoms. The molecule has 0 radical (unpaired) electrons. The van der Waals surface area contributed by atoms with E-state index < -0.39 is 11.7 Å². The van der Waals surface area contributed by atoms with Crippen molar-refractivity contribution < 1.29 is 17.9 Å². The highest BCUT2D eigenvalue weighted by atomic mass is 19.4. The fourth-order valence-corrected chi connectivity index (χ4v) is 1.73. The van der Waals surface area contributed by atoms with E-state index in [-0.39, 0.29) is 11.3 Å². The van der Waals surface area contributed by atoms with Crippen LogP contribution >= 0.6 is 0 Å².